The zero-order chi connectivity index (χ0) is 22.5. The Labute approximate surface area is 184 Å². The van der Waals surface area contributed by atoms with E-state index in [2.05, 4.69) is 5.32 Å². The van der Waals surface area contributed by atoms with Gasteiger partial charge < -0.3 is 19.5 Å². The van der Waals surface area contributed by atoms with Crippen LogP contribution in [-0.4, -0.2) is 17.6 Å². The predicted octanol–water partition coefficient (Wildman–Crippen LogP) is 5.21. The third-order valence-electron chi connectivity index (χ3n) is 4.71. The van der Waals surface area contributed by atoms with Crippen LogP contribution in [-0.2, 0) is 16.1 Å². The summed E-state index contributed by atoms with van der Waals surface area (Å²) in [6.45, 7) is 2.21. The van der Waals surface area contributed by atoms with Gasteiger partial charge in [0, 0.05) is 29.3 Å². The third kappa shape index (κ3) is 4.93. The van der Waals surface area contributed by atoms with Crippen molar-refractivity contribution in [2.45, 2.75) is 13.5 Å². The van der Waals surface area contributed by atoms with Crippen LogP contribution in [0, 0.1) is 17.0 Å². The number of non-ortho nitro benzene ring substituents is 1. The molecule has 1 heterocycles. The van der Waals surface area contributed by atoms with E-state index in [9.17, 15) is 14.9 Å². The van der Waals surface area contributed by atoms with Crippen LogP contribution >= 0.6 is 0 Å². The monoisotopic (exact) mass is 432 g/mol. The topological polar surface area (TPSA) is 99.9 Å². The first-order valence-corrected chi connectivity index (χ1v) is 9.84. The van der Waals surface area contributed by atoms with Crippen molar-refractivity contribution in [3.63, 3.8) is 0 Å². The number of hydrogen-bond donors (Lipinski definition) is 1. The van der Waals surface area contributed by atoms with E-state index in [0.717, 1.165) is 5.56 Å². The minimum atomic E-state index is -0.495. The maximum atomic E-state index is 12.6. The Kier molecular flexibility index (Phi) is 6.14. The summed E-state index contributed by atoms with van der Waals surface area (Å²) in [7, 11) is 0. The number of hydrogen-bond acceptors (Lipinski definition) is 6. The minimum absolute atomic E-state index is 0.0432. The third-order valence-corrected chi connectivity index (χ3v) is 4.71. The van der Waals surface area contributed by atoms with Crippen LogP contribution in [0.2, 0.25) is 0 Å². The minimum Gasteiger partial charge on any atom is -0.467 e. The molecule has 8 nitrogen and oxygen atoms in total. The fourth-order valence-electron chi connectivity index (χ4n) is 3.27. The van der Waals surface area contributed by atoms with Crippen LogP contribution in [0.25, 0.3) is 6.08 Å². The quantitative estimate of drug-likeness (QED) is 0.326. The molecule has 1 amide bonds. The van der Waals surface area contributed by atoms with Gasteiger partial charge in [0.15, 0.2) is 12.5 Å². The van der Waals surface area contributed by atoms with Gasteiger partial charge in [-0.3, -0.25) is 14.9 Å². The lowest BCUT2D eigenvalue weighted by Crippen LogP contribution is -2.13. The number of ether oxygens (including phenoxy) is 3. The smallest absolute Gasteiger partial charge is 0.270 e. The van der Waals surface area contributed by atoms with Gasteiger partial charge in [0.25, 0.3) is 5.69 Å². The molecule has 32 heavy (non-hydrogen) atoms. The maximum Gasteiger partial charge on any atom is 0.270 e. The van der Waals surface area contributed by atoms with E-state index in [1.165, 1.54) is 24.3 Å². The van der Waals surface area contributed by atoms with Crippen LogP contribution in [0.15, 0.2) is 66.7 Å². The summed E-state index contributed by atoms with van der Waals surface area (Å²) >= 11 is 0. The molecule has 0 spiro atoms. The van der Waals surface area contributed by atoms with E-state index in [1.54, 1.807) is 18.2 Å². The molecule has 0 aromatic heterocycles. The van der Waals surface area contributed by atoms with Crippen molar-refractivity contribution in [3.05, 3.63) is 93.5 Å². The van der Waals surface area contributed by atoms with E-state index in [0.29, 0.717) is 34.1 Å². The molecule has 0 saturated heterocycles. The first-order chi connectivity index (χ1) is 15.5. The highest BCUT2D eigenvalue weighted by Crippen LogP contribution is 2.34. The number of carbonyl (C=O) groups is 1. The first-order valence-electron chi connectivity index (χ1n) is 9.84. The van der Waals surface area contributed by atoms with Gasteiger partial charge in [-0.05, 0) is 42.8 Å². The summed E-state index contributed by atoms with van der Waals surface area (Å²) in [5, 5.41) is 14.0. The van der Waals surface area contributed by atoms with Crippen LogP contribution in [0.5, 0.6) is 17.2 Å². The molecule has 162 valence electrons. The second kappa shape index (κ2) is 9.32. The molecule has 0 aliphatic carbocycles. The van der Waals surface area contributed by atoms with Crippen molar-refractivity contribution >= 4 is 23.4 Å². The summed E-state index contributed by atoms with van der Waals surface area (Å²) in [5.41, 5.74) is 2.43. The summed E-state index contributed by atoms with van der Waals surface area (Å²) in [5.74, 6) is 1.20. The van der Waals surface area contributed by atoms with Crippen molar-refractivity contribution in [2.75, 3.05) is 12.1 Å². The number of nitro groups is 1. The Morgan fingerprint density at radius 3 is 2.81 bits per heavy atom. The van der Waals surface area contributed by atoms with Crippen LogP contribution in [0.4, 0.5) is 11.4 Å². The average Bonchev–Trinajstić information content (AvgIpc) is 2.78. The van der Waals surface area contributed by atoms with Crippen LogP contribution in [0.3, 0.4) is 0 Å². The Bertz CT molecular complexity index is 1200. The van der Waals surface area contributed by atoms with Gasteiger partial charge >= 0.3 is 0 Å². The second-order valence-corrected chi connectivity index (χ2v) is 7.13. The molecular formula is C24H20N2O6. The molecule has 3 aromatic rings. The highest BCUT2D eigenvalue weighted by atomic mass is 16.7. The zero-order valence-corrected chi connectivity index (χ0v) is 17.2. The maximum absolute atomic E-state index is 12.6. The highest BCUT2D eigenvalue weighted by molar-refractivity contribution is 6.03. The number of para-hydroxylation sites is 2. The Hall–Kier alpha value is -4.17. The summed E-state index contributed by atoms with van der Waals surface area (Å²) < 4.78 is 16.6. The first kappa shape index (κ1) is 21.1. The fraction of sp³-hybridized carbons (Fsp3) is 0.125. The number of nitrogens with zero attached hydrogens (tertiary/aromatic N) is 1. The van der Waals surface area contributed by atoms with Crippen molar-refractivity contribution in [2.24, 2.45) is 0 Å². The van der Waals surface area contributed by atoms with Crippen molar-refractivity contribution < 1.29 is 23.9 Å². The number of anilines is 1. The molecule has 0 radical (unpaired) electrons. The van der Waals surface area contributed by atoms with E-state index >= 15 is 0 Å². The number of fused-ring (bicyclic) bond motifs is 1. The lowest BCUT2D eigenvalue weighted by molar-refractivity contribution is -0.385. The molecule has 0 saturated carbocycles. The second-order valence-electron chi connectivity index (χ2n) is 7.13. The summed E-state index contributed by atoms with van der Waals surface area (Å²) in [6, 6.07) is 17.4. The van der Waals surface area contributed by atoms with Gasteiger partial charge in [0.1, 0.15) is 11.5 Å². The largest absolute Gasteiger partial charge is 0.467 e. The molecule has 8 heteroatoms. The molecule has 3 aromatic carbocycles. The van der Waals surface area contributed by atoms with Gasteiger partial charge in [0.05, 0.1) is 17.2 Å². The Morgan fingerprint density at radius 1 is 1.16 bits per heavy atom. The van der Waals surface area contributed by atoms with Gasteiger partial charge in [-0.15, -0.1) is 0 Å². The lowest BCUT2D eigenvalue weighted by Gasteiger charge is -2.19. The molecule has 1 aliphatic rings. The molecule has 1 aliphatic heterocycles. The summed E-state index contributed by atoms with van der Waals surface area (Å²) in [4.78, 5) is 23.3. The standard InChI is InChI=1S/C24H20N2O6/c1-16-5-4-6-20(11-16)32-22-8-3-2-7-21(22)25-23(27)10-9-17-12-19(26(28)29)13-18-14-30-15-31-24(17)18/h2-13H,14-15H2,1H3,(H,25,27)/b10-9+. The Morgan fingerprint density at radius 2 is 2.00 bits per heavy atom. The van der Waals surface area contributed by atoms with Crippen molar-refractivity contribution in [1.29, 1.82) is 0 Å². The highest BCUT2D eigenvalue weighted by Gasteiger charge is 2.20. The summed E-state index contributed by atoms with van der Waals surface area (Å²) in [6.07, 6.45) is 2.78. The number of amides is 1. The number of rotatable bonds is 6. The molecule has 0 bridgehead atoms. The van der Waals surface area contributed by atoms with Crippen molar-refractivity contribution in [1.82, 2.24) is 0 Å². The average molecular weight is 432 g/mol. The van der Waals surface area contributed by atoms with Crippen LogP contribution < -0.4 is 14.8 Å². The Balaban J connectivity index is 1.54. The van der Waals surface area contributed by atoms with E-state index in [4.69, 9.17) is 14.2 Å². The van der Waals surface area contributed by atoms with Crippen LogP contribution in [0.1, 0.15) is 16.7 Å². The normalized spacial score (nSPS) is 12.7. The van der Waals surface area contributed by atoms with Gasteiger partial charge in [-0.1, -0.05) is 24.3 Å². The molecular weight excluding hydrogens is 412 g/mol. The number of benzene rings is 3. The number of carbonyl (C=O) groups excluding carboxylic acids is 1. The molecule has 4 rings (SSSR count). The zero-order valence-electron chi connectivity index (χ0n) is 17.2. The molecule has 0 atom stereocenters. The van der Waals surface area contributed by atoms with E-state index in [-0.39, 0.29) is 19.1 Å². The van der Waals surface area contributed by atoms with E-state index in [1.807, 2.05) is 37.3 Å². The SMILES string of the molecule is Cc1cccc(Oc2ccccc2NC(=O)/C=C/c2cc([N+](=O)[O-])cc3c2OCOC3)c1. The number of nitro benzene ring substituents is 1. The van der Waals surface area contributed by atoms with Gasteiger partial charge in [-0.2, -0.15) is 0 Å². The number of aryl methyl sites for hydroxylation is 1. The van der Waals surface area contributed by atoms with Crippen molar-refractivity contribution in [3.8, 4) is 17.2 Å². The van der Waals surface area contributed by atoms with Gasteiger partial charge in [-0.25, -0.2) is 0 Å². The number of nitrogens with one attached hydrogen (secondary N) is 1. The fourth-order valence-corrected chi connectivity index (χ4v) is 3.27. The van der Waals surface area contributed by atoms with Gasteiger partial charge in [0.2, 0.25) is 5.91 Å². The predicted molar refractivity (Wildman–Crippen MR) is 119 cm³/mol. The molecule has 1 N–H and O–H groups in total. The molecule has 0 fully saturated rings. The van der Waals surface area contributed by atoms with E-state index < -0.39 is 10.8 Å². The lowest BCUT2D eigenvalue weighted by atomic mass is 10.1. The molecule has 0 unspecified atom stereocenters.